The van der Waals surface area contributed by atoms with Gasteiger partial charge < -0.3 is 5.32 Å². The lowest BCUT2D eigenvalue weighted by molar-refractivity contribution is 0.585. The lowest BCUT2D eigenvalue weighted by Gasteiger charge is -2.14. The molecular formula is C16H19N2O4S2. The molecule has 0 amide bonds. The van der Waals surface area contributed by atoms with Gasteiger partial charge in [0.15, 0.2) is 0 Å². The average molecular weight is 367 g/mol. The van der Waals surface area contributed by atoms with Crippen molar-refractivity contribution in [2.75, 3.05) is 10.0 Å². The van der Waals surface area contributed by atoms with E-state index in [2.05, 4.69) is 16.1 Å². The highest BCUT2D eigenvalue weighted by Crippen LogP contribution is 2.26. The number of hydrogen-bond acceptors (Lipinski definition) is 5. The van der Waals surface area contributed by atoms with Crippen molar-refractivity contribution in [3.8, 4) is 0 Å². The van der Waals surface area contributed by atoms with E-state index in [9.17, 15) is 16.8 Å². The van der Waals surface area contributed by atoms with Crippen molar-refractivity contribution >= 4 is 29.3 Å². The van der Waals surface area contributed by atoms with Crippen molar-refractivity contribution in [2.45, 2.75) is 31.7 Å². The topological polar surface area (TPSA) is 92.3 Å². The van der Waals surface area contributed by atoms with Gasteiger partial charge in [-0.3, -0.25) is 4.72 Å². The predicted molar refractivity (Wildman–Crippen MR) is 94.9 cm³/mol. The van der Waals surface area contributed by atoms with Gasteiger partial charge in [-0.15, -0.1) is 0 Å². The maximum atomic E-state index is 12.6. The third-order valence-electron chi connectivity index (χ3n) is 3.16. The Kier molecular flexibility index (Phi) is 5.19. The number of aryl methyl sites for hydroxylation is 1. The lowest BCUT2D eigenvalue weighted by Crippen LogP contribution is -2.24. The first-order valence-electron chi connectivity index (χ1n) is 7.24. The molecular weight excluding hydrogens is 348 g/mol. The van der Waals surface area contributed by atoms with Crippen LogP contribution in [-0.4, -0.2) is 22.9 Å². The molecule has 0 aromatic heterocycles. The standard InChI is InChI=1S/C16H19N2O4S2/c1-12(2)17-15-10-9-13(3)16(11-15)23(19,20)24(21,22)18-14-7-5-4-6-8-14/h5-12,17-18H,1-3H3. The summed E-state index contributed by atoms with van der Waals surface area (Å²) in [5.41, 5.74) is 1.06. The molecule has 1 radical (unpaired) electrons. The van der Waals surface area contributed by atoms with Gasteiger partial charge in [-0.05, 0) is 56.7 Å². The minimum atomic E-state index is -4.65. The predicted octanol–water partition coefficient (Wildman–Crippen LogP) is 2.75. The zero-order valence-electron chi connectivity index (χ0n) is 13.6. The van der Waals surface area contributed by atoms with Crippen molar-refractivity contribution in [3.05, 3.63) is 54.1 Å². The second-order valence-electron chi connectivity index (χ2n) is 5.58. The summed E-state index contributed by atoms with van der Waals surface area (Å²) in [6.07, 6.45) is 0. The molecule has 0 saturated heterocycles. The fourth-order valence-electron chi connectivity index (χ4n) is 2.06. The molecule has 0 bridgehead atoms. The largest absolute Gasteiger partial charge is 0.383 e. The summed E-state index contributed by atoms with van der Waals surface area (Å²) in [4.78, 5) is -0.247. The first-order valence-corrected chi connectivity index (χ1v) is 10.7. The molecule has 0 aliphatic heterocycles. The second kappa shape index (κ2) is 6.82. The normalized spacial score (nSPS) is 12.2. The molecule has 2 aromatic rings. The monoisotopic (exact) mass is 367 g/mol. The highest BCUT2D eigenvalue weighted by Gasteiger charge is 2.33. The smallest absolute Gasteiger partial charge is 0.343 e. The van der Waals surface area contributed by atoms with Gasteiger partial charge in [0.1, 0.15) is 0 Å². The summed E-state index contributed by atoms with van der Waals surface area (Å²) in [7, 11) is -9.27. The zero-order valence-corrected chi connectivity index (χ0v) is 15.2. The Labute approximate surface area is 142 Å². The molecule has 6 nitrogen and oxygen atoms in total. The molecule has 0 aliphatic rings. The van der Waals surface area contributed by atoms with Crippen LogP contribution in [0, 0.1) is 13.0 Å². The fourth-order valence-corrected chi connectivity index (χ4v) is 5.44. The van der Waals surface area contributed by atoms with Crippen molar-refractivity contribution in [1.82, 2.24) is 0 Å². The molecule has 0 atom stereocenters. The average Bonchev–Trinajstić information content (AvgIpc) is 2.49. The van der Waals surface area contributed by atoms with Crippen LogP contribution in [0.25, 0.3) is 0 Å². The number of anilines is 2. The summed E-state index contributed by atoms with van der Waals surface area (Å²) < 4.78 is 52.1. The van der Waals surface area contributed by atoms with E-state index in [1.54, 1.807) is 19.1 Å². The quantitative estimate of drug-likeness (QED) is 0.766. The van der Waals surface area contributed by atoms with Gasteiger partial charge in [0.05, 0.1) is 4.90 Å². The van der Waals surface area contributed by atoms with Crippen LogP contribution < -0.4 is 10.0 Å². The molecule has 0 spiro atoms. The van der Waals surface area contributed by atoms with Crippen LogP contribution in [0.15, 0.2) is 47.4 Å². The van der Waals surface area contributed by atoms with E-state index in [0.29, 0.717) is 11.3 Å². The van der Waals surface area contributed by atoms with Gasteiger partial charge in [-0.25, -0.2) is 8.42 Å². The van der Waals surface area contributed by atoms with Crippen LogP contribution in [0.1, 0.15) is 19.4 Å². The molecule has 2 rings (SSSR count). The number of rotatable bonds is 6. The molecule has 8 heteroatoms. The summed E-state index contributed by atoms with van der Waals surface area (Å²) in [6.45, 7) is 5.36. The highest BCUT2D eigenvalue weighted by atomic mass is 33.2. The van der Waals surface area contributed by atoms with Crippen LogP contribution in [0.2, 0.25) is 0 Å². The Morgan fingerprint density at radius 2 is 1.58 bits per heavy atom. The van der Waals surface area contributed by atoms with E-state index in [-0.39, 0.29) is 16.6 Å². The summed E-state index contributed by atoms with van der Waals surface area (Å²) >= 11 is 0. The molecule has 0 fully saturated rings. The summed E-state index contributed by atoms with van der Waals surface area (Å²) in [5, 5.41) is 3.06. The maximum absolute atomic E-state index is 12.6. The van der Waals surface area contributed by atoms with Gasteiger partial charge in [0.2, 0.25) is 0 Å². The van der Waals surface area contributed by atoms with Gasteiger partial charge in [-0.2, -0.15) is 8.42 Å². The molecule has 0 unspecified atom stereocenters. The maximum Gasteiger partial charge on any atom is 0.343 e. The molecule has 2 aromatic carbocycles. The Bertz CT molecular complexity index is 922. The minimum Gasteiger partial charge on any atom is -0.383 e. The number of benzene rings is 2. The molecule has 0 saturated carbocycles. The fraction of sp³-hybridized carbons (Fsp3) is 0.250. The molecule has 2 N–H and O–H groups in total. The zero-order chi connectivity index (χ0) is 18.0. The van der Waals surface area contributed by atoms with E-state index in [1.807, 2.05) is 13.8 Å². The van der Waals surface area contributed by atoms with Crippen molar-refractivity contribution in [1.29, 1.82) is 0 Å². The van der Waals surface area contributed by atoms with Gasteiger partial charge in [-0.1, -0.05) is 18.2 Å². The lowest BCUT2D eigenvalue weighted by atomic mass is 10.2. The SMILES string of the molecule is Cc1ccc(NC(C)C)cc1S(=O)(=O)S(=O)(=O)Nc1cc[c]cc1. The molecule has 0 aliphatic carbocycles. The van der Waals surface area contributed by atoms with Crippen LogP contribution in [0.5, 0.6) is 0 Å². The van der Waals surface area contributed by atoms with Gasteiger partial charge in [0.25, 0.3) is 0 Å². The molecule has 0 heterocycles. The first kappa shape index (κ1) is 18.3. The van der Waals surface area contributed by atoms with Crippen molar-refractivity contribution in [3.63, 3.8) is 0 Å². The Balaban J connectivity index is 2.46. The number of nitrogens with one attached hydrogen (secondary N) is 2. The second-order valence-corrected chi connectivity index (χ2v) is 10.7. The van der Waals surface area contributed by atoms with Gasteiger partial charge in [0, 0.05) is 17.4 Å². The van der Waals surface area contributed by atoms with Crippen LogP contribution >= 0.6 is 0 Å². The van der Waals surface area contributed by atoms with Crippen LogP contribution in [0.3, 0.4) is 0 Å². The third-order valence-corrected chi connectivity index (χ3v) is 7.73. The summed E-state index contributed by atoms with van der Waals surface area (Å²) in [5.74, 6) is 0. The van der Waals surface area contributed by atoms with Crippen LogP contribution in [-0.2, 0) is 17.9 Å². The molecule has 24 heavy (non-hydrogen) atoms. The molecule has 129 valence electrons. The number of hydrogen-bond donors (Lipinski definition) is 2. The van der Waals surface area contributed by atoms with E-state index in [0.717, 1.165) is 0 Å². The first-order chi connectivity index (χ1) is 11.1. The van der Waals surface area contributed by atoms with Crippen molar-refractivity contribution < 1.29 is 16.8 Å². The highest BCUT2D eigenvalue weighted by molar-refractivity contribution is 8.67. The Morgan fingerprint density at radius 3 is 2.17 bits per heavy atom. The van der Waals surface area contributed by atoms with E-state index in [1.165, 1.54) is 30.3 Å². The van der Waals surface area contributed by atoms with E-state index < -0.39 is 17.9 Å². The van der Waals surface area contributed by atoms with Crippen molar-refractivity contribution in [2.24, 2.45) is 0 Å². The van der Waals surface area contributed by atoms with E-state index in [4.69, 9.17) is 0 Å². The third kappa shape index (κ3) is 3.88. The van der Waals surface area contributed by atoms with Gasteiger partial charge >= 0.3 is 17.9 Å². The minimum absolute atomic E-state index is 0.0820. The Morgan fingerprint density at radius 1 is 0.958 bits per heavy atom. The summed E-state index contributed by atoms with van der Waals surface area (Å²) in [6, 6.07) is 13.3. The Hall–Kier alpha value is -2.06. The van der Waals surface area contributed by atoms with Crippen LogP contribution in [0.4, 0.5) is 11.4 Å². The van der Waals surface area contributed by atoms with E-state index >= 15 is 0 Å².